The van der Waals surface area contributed by atoms with Gasteiger partial charge in [0.25, 0.3) is 0 Å². The van der Waals surface area contributed by atoms with Crippen molar-refractivity contribution in [3.8, 4) is 0 Å². The third kappa shape index (κ3) is 2.99. The molecule has 0 amide bonds. The van der Waals surface area contributed by atoms with Crippen LogP contribution >= 0.6 is 0 Å². The van der Waals surface area contributed by atoms with E-state index in [9.17, 15) is 13.2 Å². The predicted molar refractivity (Wildman–Crippen MR) is 97.4 cm³/mol. The topological polar surface area (TPSA) is 78.9 Å². The highest BCUT2D eigenvalue weighted by molar-refractivity contribution is 5.88. The SMILES string of the molecule is FC(F)(F)c1cncc(Nc2ncnc3ccc(N4C[C@@H]5C[C@H]4CN5)nc23)c1. The van der Waals surface area contributed by atoms with Gasteiger partial charge in [0.1, 0.15) is 17.7 Å². The van der Waals surface area contributed by atoms with Crippen molar-refractivity contribution in [2.75, 3.05) is 23.3 Å². The van der Waals surface area contributed by atoms with Crippen molar-refractivity contribution in [1.82, 2.24) is 25.3 Å². The molecular formula is C18H16F3N7. The Morgan fingerprint density at radius 1 is 1.18 bits per heavy atom. The zero-order chi connectivity index (χ0) is 19.3. The van der Waals surface area contributed by atoms with Crippen LogP contribution in [0.15, 0.2) is 36.9 Å². The van der Waals surface area contributed by atoms with Crippen LogP contribution in [0.1, 0.15) is 12.0 Å². The van der Waals surface area contributed by atoms with Crippen LogP contribution in [0.3, 0.4) is 0 Å². The van der Waals surface area contributed by atoms with E-state index in [1.807, 2.05) is 12.1 Å². The van der Waals surface area contributed by atoms with Crippen molar-refractivity contribution < 1.29 is 13.2 Å². The van der Waals surface area contributed by atoms with Gasteiger partial charge in [0.05, 0.1) is 23.0 Å². The predicted octanol–water partition coefficient (Wildman–Crippen LogP) is 2.73. The van der Waals surface area contributed by atoms with Crippen molar-refractivity contribution in [3.05, 3.63) is 42.5 Å². The second-order valence-corrected chi connectivity index (χ2v) is 6.99. The van der Waals surface area contributed by atoms with Gasteiger partial charge in [-0.3, -0.25) is 4.98 Å². The molecule has 0 aliphatic carbocycles. The molecule has 28 heavy (non-hydrogen) atoms. The number of piperazine rings is 1. The molecule has 0 spiro atoms. The van der Waals surface area contributed by atoms with E-state index in [0.717, 1.165) is 37.6 Å². The van der Waals surface area contributed by atoms with Gasteiger partial charge in [0.2, 0.25) is 0 Å². The van der Waals surface area contributed by atoms with Gasteiger partial charge < -0.3 is 15.5 Å². The minimum atomic E-state index is -4.47. The van der Waals surface area contributed by atoms with Gasteiger partial charge in [-0.1, -0.05) is 0 Å². The van der Waals surface area contributed by atoms with Crippen LogP contribution in [0, 0.1) is 0 Å². The number of halogens is 3. The third-order valence-corrected chi connectivity index (χ3v) is 5.15. The summed E-state index contributed by atoms with van der Waals surface area (Å²) >= 11 is 0. The molecule has 2 saturated heterocycles. The molecule has 2 aliphatic heterocycles. The van der Waals surface area contributed by atoms with Crippen molar-refractivity contribution in [1.29, 1.82) is 0 Å². The maximum atomic E-state index is 12.9. The Balaban J connectivity index is 1.50. The summed E-state index contributed by atoms with van der Waals surface area (Å²) in [5, 5.41) is 6.35. The first-order chi connectivity index (χ1) is 13.5. The van der Waals surface area contributed by atoms with Gasteiger partial charge in [0.15, 0.2) is 5.82 Å². The number of rotatable bonds is 3. The molecule has 0 unspecified atom stereocenters. The molecule has 0 radical (unpaired) electrons. The van der Waals surface area contributed by atoms with Crippen molar-refractivity contribution in [2.24, 2.45) is 0 Å². The van der Waals surface area contributed by atoms with E-state index in [-0.39, 0.29) is 5.69 Å². The fraction of sp³-hybridized carbons (Fsp3) is 0.333. The summed E-state index contributed by atoms with van der Waals surface area (Å²) < 4.78 is 38.8. The Hall–Kier alpha value is -3.01. The van der Waals surface area contributed by atoms with Crippen molar-refractivity contribution >= 4 is 28.4 Å². The highest BCUT2D eigenvalue weighted by Crippen LogP contribution is 2.32. The lowest BCUT2D eigenvalue weighted by molar-refractivity contribution is -0.137. The summed E-state index contributed by atoms with van der Waals surface area (Å²) in [6.45, 7) is 1.81. The number of hydrogen-bond donors (Lipinski definition) is 2. The number of fused-ring (bicyclic) bond motifs is 3. The largest absolute Gasteiger partial charge is 0.417 e. The quantitative estimate of drug-likeness (QED) is 0.715. The van der Waals surface area contributed by atoms with Gasteiger partial charge in [-0.25, -0.2) is 15.0 Å². The molecule has 10 heteroatoms. The summed E-state index contributed by atoms with van der Waals surface area (Å²) in [6, 6.07) is 5.66. The van der Waals surface area contributed by atoms with Gasteiger partial charge in [-0.05, 0) is 24.6 Å². The molecule has 2 aliphatic rings. The van der Waals surface area contributed by atoms with E-state index in [1.165, 1.54) is 12.5 Å². The lowest BCUT2D eigenvalue weighted by Crippen LogP contribution is -2.44. The smallest absolute Gasteiger partial charge is 0.351 e. The minimum absolute atomic E-state index is 0.187. The average Bonchev–Trinajstić information content (AvgIpc) is 3.31. The monoisotopic (exact) mass is 387 g/mol. The molecule has 2 bridgehead atoms. The van der Waals surface area contributed by atoms with Crippen LogP contribution in [-0.2, 0) is 6.18 Å². The van der Waals surface area contributed by atoms with E-state index < -0.39 is 11.7 Å². The molecular weight excluding hydrogens is 371 g/mol. The Morgan fingerprint density at radius 3 is 2.82 bits per heavy atom. The average molecular weight is 387 g/mol. The molecule has 3 aromatic rings. The van der Waals surface area contributed by atoms with Gasteiger partial charge in [-0.15, -0.1) is 0 Å². The molecule has 0 aromatic carbocycles. The molecule has 0 saturated carbocycles. The molecule has 144 valence electrons. The maximum absolute atomic E-state index is 12.9. The van der Waals surface area contributed by atoms with Gasteiger partial charge >= 0.3 is 6.18 Å². The normalized spacial score (nSPS) is 21.5. The first kappa shape index (κ1) is 17.1. The van der Waals surface area contributed by atoms with Crippen LogP contribution < -0.4 is 15.5 Å². The van der Waals surface area contributed by atoms with Crippen molar-refractivity contribution in [3.63, 3.8) is 0 Å². The number of anilines is 3. The maximum Gasteiger partial charge on any atom is 0.417 e. The second kappa shape index (κ2) is 6.26. The number of aromatic nitrogens is 4. The van der Waals surface area contributed by atoms with Crippen LogP contribution in [0.5, 0.6) is 0 Å². The summed E-state index contributed by atoms with van der Waals surface area (Å²) in [4.78, 5) is 19.0. The number of alkyl halides is 3. The van der Waals surface area contributed by atoms with Gasteiger partial charge in [0, 0.05) is 31.4 Å². The number of nitrogens with zero attached hydrogens (tertiary/aromatic N) is 5. The second-order valence-electron chi connectivity index (χ2n) is 6.99. The zero-order valence-electron chi connectivity index (χ0n) is 14.6. The zero-order valence-corrected chi connectivity index (χ0v) is 14.6. The number of pyridine rings is 2. The van der Waals surface area contributed by atoms with Crippen molar-refractivity contribution in [2.45, 2.75) is 24.7 Å². The number of nitrogens with one attached hydrogen (secondary N) is 2. The Morgan fingerprint density at radius 2 is 2.07 bits per heavy atom. The fourth-order valence-corrected chi connectivity index (χ4v) is 3.82. The molecule has 2 atom stereocenters. The van der Waals surface area contributed by atoms with Crippen LogP contribution in [0.2, 0.25) is 0 Å². The summed E-state index contributed by atoms with van der Waals surface area (Å²) in [5.74, 6) is 1.16. The highest BCUT2D eigenvalue weighted by Gasteiger charge is 2.38. The molecule has 5 rings (SSSR count). The van der Waals surface area contributed by atoms with E-state index in [4.69, 9.17) is 4.98 Å². The Labute approximate surface area is 158 Å². The highest BCUT2D eigenvalue weighted by atomic mass is 19.4. The molecule has 5 heterocycles. The Kier molecular flexibility index (Phi) is 3.83. The lowest BCUT2D eigenvalue weighted by atomic mass is 10.2. The molecule has 2 fully saturated rings. The van der Waals surface area contributed by atoms with E-state index >= 15 is 0 Å². The first-order valence-corrected chi connectivity index (χ1v) is 8.88. The summed E-state index contributed by atoms with van der Waals surface area (Å²) in [6.07, 6.45) is 0.0853. The molecule has 3 aromatic heterocycles. The summed E-state index contributed by atoms with van der Waals surface area (Å²) in [7, 11) is 0. The minimum Gasteiger partial charge on any atom is -0.351 e. The van der Waals surface area contributed by atoms with E-state index in [2.05, 4.69) is 30.5 Å². The van der Waals surface area contributed by atoms with Crippen LogP contribution in [0.25, 0.3) is 11.0 Å². The molecule has 7 nitrogen and oxygen atoms in total. The lowest BCUT2D eigenvalue weighted by Gasteiger charge is -2.28. The fourth-order valence-electron chi connectivity index (χ4n) is 3.82. The van der Waals surface area contributed by atoms with Crippen LogP contribution in [0.4, 0.5) is 30.5 Å². The first-order valence-electron chi connectivity index (χ1n) is 8.88. The summed E-state index contributed by atoms with van der Waals surface area (Å²) in [5.41, 5.74) is 0.480. The van der Waals surface area contributed by atoms with E-state index in [0.29, 0.717) is 28.9 Å². The standard InChI is InChI=1S/C18H16F3N7/c19-18(20,21)10-3-11(6-22-5-10)26-17-16-14(24-9-25-17)1-2-15(27-16)28-8-12-4-13(28)7-23-12/h1-3,5-6,9,12-13,23H,4,7-8H2,(H,24,25,26)/t12-,13-/m0/s1. The van der Waals surface area contributed by atoms with Crippen LogP contribution in [-0.4, -0.2) is 45.1 Å². The van der Waals surface area contributed by atoms with Gasteiger partial charge in [-0.2, -0.15) is 13.2 Å². The number of hydrogen-bond acceptors (Lipinski definition) is 7. The van der Waals surface area contributed by atoms with E-state index in [1.54, 1.807) is 0 Å². The third-order valence-electron chi connectivity index (χ3n) is 5.15. The Bertz CT molecular complexity index is 1040. The molecule has 2 N–H and O–H groups in total.